The van der Waals surface area contributed by atoms with Crippen molar-refractivity contribution in [3.8, 4) is 0 Å². The van der Waals surface area contributed by atoms with Gasteiger partial charge in [-0.15, -0.1) is 0 Å². The van der Waals surface area contributed by atoms with Crippen LogP contribution in [0.2, 0.25) is 0 Å². The van der Waals surface area contributed by atoms with Crippen molar-refractivity contribution in [2.24, 2.45) is 5.73 Å². The summed E-state index contributed by atoms with van der Waals surface area (Å²) in [5.41, 5.74) is 5.50. The number of nitrogens with two attached hydrogens (primary N) is 1. The van der Waals surface area contributed by atoms with Gasteiger partial charge in [0.15, 0.2) is 16.8 Å². The van der Waals surface area contributed by atoms with Gasteiger partial charge in [-0.1, -0.05) is 0 Å². The van der Waals surface area contributed by atoms with Gasteiger partial charge in [-0.25, -0.2) is 4.79 Å². The highest BCUT2D eigenvalue weighted by molar-refractivity contribution is 7.94. The van der Waals surface area contributed by atoms with Crippen molar-refractivity contribution in [1.29, 1.82) is 0 Å². The molecule has 0 aromatic rings. The fourth-order valence-corrected chi connectivity index (χ4v) is 4.06. The summed E-state index contributed by atoms with van der Waals surface area (Å²) in [6.45, 7) is 3.17. The van der Waals surface area contributed by atoms with Crippen molar-refractivity contribution in [3.63, 3.8) is 0 Å². The summed E-state index contributed by atoms with van der Waals surface area (Å²) in [5, 5.41) is 8.39. The van der Waals surface area contributed by atoms with Gasteiger partial charge >= 0.3 is 5.97 Å². The van der Waals surface area contributed by atoms with Crippen LogP contribution in [-0.2, 0) is 20.8 Å². The van der Waals surface area contributed by atoms with Crippen molar-refractivity contribution in [2.75, 3.05) is 0 Å². The highest BCUT2D eigenvalue weighted by atomic mass is 32.2. The first kappa shape index (κ1) is 10.7. The molecule has 4 atom stereocenters. The zero-order valence-corrected chi connectivity index (χ0v) is 9.15. The molecule has 2 aliphatic rings. The second-order valence-corrected chi connectivity index (χ2v) is 6.43. The maximum absolute atomic E-state index is 11.9. The maximum atomic E-state index is 11.9. The number of hydrogen-bond acceptors (Lipinski definition) is 4. The Morgan fingerprint density at radius 1 is 1.67 bits per heavy atom. The Hall–Kier alpha value is -0.790. The average molecular weight is 232 g/mol. The van der Waals surface area contributed by atoms with E-state index in [0.717, 1.165) is 4.90 Å². The van der Waals surface area contributed by atoms with E-state index in [0.29, 0.717) is 0 Å². The minimum absolute atomic E-state index is 0.425. The lowest BCUT2D eigenvalue weighted by Crippen LogP contribution is -2.70. The van der Waals surface area contributed by atoms with E-state index in [2.05, 4.69) is 0 Å². The van der Waals surface area contributed by atoms with Gasteiger partial charge in [-0.2, -0.15) is 0 Å². The van der Waals surface area contributed by atoms with E-state index < -0.39 is 45.3 Å². The number of carboxylic acids is 1. The highest BCUT2D eigenvalue weighted by Crippen LogP contribution is 2.45. The quantitative estimate of drug-likeness (QED) is 0.421. The molecule has 84 valence electrons. The molecule has 2 aliphatic heterocycles. The molecule has 15 heavy (non-hydrogen) atoms. The van der Waals surface area contributed by atoms with E-state index in [1.807, 2.05) is 0 Å². The normalized spacial score (nSPS) is 42.4. The number of aliphatic carboxylic acids is 1. The van der Waals surface area contributed by atoms with E-state index in [-0.39, 0.29) is 0 Å². The molecule has 7 heteroatoms. The lowest BCUT2D eigenvalue weighted by molar-refractivity contribution is -0.159. The average Bonchev–Trinajstić information content (AvgIpc) is 2.32. The molecule has 0 aromatic carbocycles. The van der Waals surface area contributed by atoms with E-state index in [4.69, 9.17) is 10.8 Å². The fourth-order valence-electron chi connectivity index (χ4n) is 2.19. The molecule has 2 rings (SSSR count). The van der Waals surface area contributed by atoms with E-state index >= 15 is 0 Å². The first-order chi connectivity index (χ1) is 6.80. The van der Waals surface area contributed by atoms with Crippen LogP contribution in [-0.4, -0.2) is 48.6 Å². The van der Waals surface area contributed by atoms with Crippen molar-refractivity contribution in [2.45, 2.75) is 36.1 Å². The second-order valence-electron chi connectivity index (χ2n) is 4.30. The second kappa shape index (κ2) is 2.87. The summed E-state index contributed by atoms with van der Waals surface area (Å²) < 4.78 is 11.0. The first-order valence-corrected chi connectivity index (χ1v) is 5.72. The molecule has 1 amide bonds. The monoisotopic (exact) mass is 232 g/mol. The van der Waals surface area contributed by atoms with Crippen molar-refractivity contribution >= 4 is 23.1 Å². The maximum Gasteiger partial charge on any atom is 0.332 e. The Kier molecular flexibility index (Phi) is 2.05. The number of carbonyl (C=O) groups excluding carboxylic acids is 1. The number of carbonyl (C=O) groups is 2. The zero-order chi connectivity index (χ0) is 11.5. The molecule has 2 heterocycles. The molecule has 0 saturated carbocycles. The van der Waals surface area contributed by atoms with E-state index in [1.54, 1.807) is 13.8 Å². The first-order valence-electron chi connectivity index (χ1n) is 4.51. The third kappa shape index (κ3) is 1.08. The van der Waals surface area contributed by atoms with Gasteiger partial charge in [0.05, 0.1) is 0 Å². The number of carboxylic acid groups (broad SMARTS) is 1. The number of rotatable bonds is 1. The van der Waals surface area contributed by atoms with Gasteiger partial charge in [-0.3, -0.25) is 9.69 Å². The summed E-state index contributed by atoms with van der Waals surface area (Å²) >= 11 is -1.42. The Morgan fingerprint density at radius 2 is 2.20 bits per heavy atom. The molecule has 0 bridgehead atoms. The smallest absolute Gasteiger partial charge is 0.332 e. The number of fused-ring (bicyclic) bond motifs is 1. The van der Waals surface area contributed by atoms with Crippen molar-refractivity contribution in [3.05, 3.63) is 0 Å². The number of hydrogen-bond donors (Lipinski definition) is 2. The zero-order valence-electron chi connectivity index (χ0n) is 8.34. The Morgan fingerprint density at radius 3 is 2.67 bits per heavy atom. The van der Waals surface area contributed by atoms with E-state index in [9.17, 15) is 14.1 Å². The summed E-state index contributed by atoms with van der Waals surface area (Å²) in [6, 6.07) is -1.84. The summed E-state index contributed by atoms with van der Waals surface area (Å²) in [4.78, 5) is 23.6. The lowest BCUT2D eigenvalue weighted by atomic mass is 9.96. The number of amides is 1. The molecule has 2 saturated heterocycles. The number of β-lactam (4-membered cyclic amide) rings is 1. The van der Waals surface area contributed by atoms with Crippen molar-refractivity contribution in [1.82, 2.24) is 4.90 Å². The summed E-state index contributed by atoms with van der Waals surface area (Å²) in [6.07, 6.45) is 0. The van der Waals surface area contributed by atoms with Crippen molar-refractivity contribution < 1.29 is 19.2 Å². The lowest BCUT2D eigenvalue weighted by Gasteiger charge is -2.38. The largest absolute Gasteiger partial charge is 0.614 e. The van der Waals surface area contributed by atoms with Gasteiger partial charge in [0.1, 0.15) is 0 Å². The van der Waals surface area contributed by atoms with Crippen LogP contribution >= 0.6 is 0 Å². The third-order valence-corrected chi connectivity index (χ3v) is 5.25. The molecule has 0 aromatic heterocycles. The standard InChI is InChI=1S/C8H12N2O4S/c1-8(2)4(7(12)13)10-5(11)3(9)6(10)15(8)14/h3-4,6H,9H2,1-2H3,(H,12,13)/t3?,4?,6-,15?/m0/s1. The molecule has 6 nitrogen and oxygen atoms in total. The number of nitrogens with zero attached hydrogens (tertiary/aromatic N) is 1. The Balaban J connectivity index is 2.40. The van der Waals surface area contributed by atoms with Gasteiger partial charge in [-0.05, 0) is 25.0 Å². The van der Waals surface area contributed by atoms with Crippen LogP contribution in [0, 0.1) is 0 Å². The molecule has 0 aliphatic carbocycles. The fraction of sp³-hybridized carbons (Fsp3) is 0.750. The Labute approximate surface area is 89.6 Å². The molecular formula is C8H12N2O4S. The van der Waals surface area contributed by atoms with Crippen LogP contribution in [0.3, 0.4) is 0 Å². The summed E-state index contributed by atoms with van der Waals surface area (Å²) in [7, 11) is 0. The van der Waals surface area contributed by atoms with E-state index in [1.165, 1.54) is 0 Å². The molecule has 0 radical (unpaired) electrons. The Bertz CT molecular complexity index is 346. The van der Waals surface area contributed by atoms with Crippen LogP contribution < -0.4 is 5.73 Å². The third-order valence-electron chi connectivity index (χ3n) is 3.03. The molecule has 3 unspecified atom stereocenters. The van der Waals surface area contributed by atoms with Crippen LogP contribution in [0.25, 0.3) is 0 Å². The molecular weight excluding hydrogens is 220 g/mol. The van der Waals surface area contributed by atoms with Crippen LogP contribution in [0.4, 0.5) is 0 Å². The predicted molar refractivity (Wildman–Crippen MR) is 52.3 cm³/mol. The SMILES string of the molecule is CC1(C)C(C(=O)O)N2C(=O)C(N)[C@@H]2[S+]1[O-]. The highest BCUT2D eigenvalue weighted by Gasteiger charge is 2.71. The topological polar surface area (TPSA) is 107 Å². The molecule has 3 N–H and O–H groups in total. The molecule has 0 spiro atoms. The van der Waals surface area contributed by atoms with Crippen LogP contribution in [0.15, 0.2) is 0 Å². The minimum Gasteiger partial charge on any atom is -0.614 e. The van der Waals surface area contributed by atoms with Gasteiger partial charge in [0, 0.05) is 0 Å². The van der Waals surface area contributed by atoms with Crippen LogP contribution in [0.5, 0.6) is 0 Å². The predicted octanol–water partition coefficient (Wildman–Crippen LogP) is -1.52. The summed E-state index contributed by atoms with van der Waals surface area (Å²) in [5.74, 6) is -1.55. The van der Waals surface area contributed by atoms with Crippen LogP contribution in [0.1, 0.15) is 13.8 Å². The van der Waals surface area contributed by atoms with Gasteiger partial charge in [0.25, 0.3) is 5.91 Å². The minimum atomic E-state index is -1.42. The van der Waals surface area contributed by atoms with Gasteiger partial charge < -0.3 is 15.4 Å². The van der Waals surface area contributed by atoms with Gasteiger partial charge in [0.2, 0.25) is 5.37 Å². The molecule has 2 fully saturated rings.